The molecule has 2 aromatic rings. The summed E-state index contributed by atoms with van der Waals surface area (Å²) in [6, 6.07) is 11.8. The largest absolute Gasteiger partial charge is 0.497 e. The Hall–Kier alpha value is -3.24. The molecule has 0 aliphatic carbocycles. The van der Waals surface area contributed by atoms with E-state index in [4.69, 9.17) is 31.1 Å². The third kappa shape index (κ3) is 6.18. The molecule has 1 amide bonds. The van der Waals surface area contributed by atoms with Crippen molar-refractivity contribution in [3.8, 4) is 17.6 Å². The van der Waals surface area contributed by atoms with Crippen LogP contribution in [0.3, 0.4) is 0 Å². The van der Waals surface area contributed by atoms with E-state index in [-0.39, 0.29) is 11.4 Å². The molecule has 0 unspecified atom stereocenters. The molecular weight excluding hydrogens is 384 g/mol. The molecule has 1 N–H and O–H groups in total. The van der Waals surface area contributed by atoms with Crippen molar-refractivity contribution in [1.82, 2.24) is 0 Å². The molecule has 0 atom stereocenters. The molecule has 0 bridgehead atoms. The van der Waals surface area contributed by atoms with Crippen molar-refractivity contribution < 1.29 is 23.8 Å². The molecule has 0 heterocycles. The first-order valence-corrected chi connectivity index (χ1v) is 8.70. The van der Waals surface area contributed by atoms with E-state index in [1.54, 1.807) is 38.5 Å². The van der Waals surface area contributed by atoms with Gasteiger partial charge in [0.25, 0.3) is 5.91 Å². The van der Waals surface area contributed by atoms with Gasteiger partial charge in [0.05, 0.1) is 24.8 Å². The highest BCUT2D eigenvalue weighted by molar-refractivity contribution is 6.32. The van der Waals surface area contributed by atoms with Gasteiger partial charge in [-0.1, -0.05) is 11.6 Å². The number of halogens is 1. The van der Waals surface area contributed by atoms with Gasteiger partial charge in [-0.3, -0.25) is 9.59 Å². The summed E-state index contributed by atoms with van der Waals surface area (Å²) in [5.74, 6) is 0.248. The zero-order valence-electron chi connectivity index (χ0n) is 15.5. The molecule has 0 spiro atoms. The molecular formula is C20H19ClN2O5. The number of esters is 1. The average Bonchev–Trinajstić information content (AvgIpc) is 2.70. The standard InChI is InChI=1S/C20H19ClN2O5/c1-26-16-7-13(8-17(10-16)27-2)3-6-20(25)28-12-19(24)23-15-5-4-14(11-22)18(21)9-15/h4-5,7-10H,3,6,12H2,1-2H3,(H,23,24). The molecule has 8 heteroatoms. The maximum absolute atomic E-state index is 11.9. The lowest BCUT2D eigenvalue weighted by atomic mass is 10.1. The Morgan fingerprint density at radius 1 is 1.11 bits per heavy atom. The van der Waals surface area contributed by atoms with E-state index in [2.05, 4.69) is 5.32 Å². The summed E-state index contributed by atoms with van der Waals surface area (Å²) in [6.45, 7) is -0.419. The number of hydrogen-bond donors (Lipinski definition) is 1. The molecule has 28 heavy (non-hydrogen) atoms. The second kappa shape index (κ2) is 10.2. The van der Waals surface area contributed by atoms with Crippen molar-refractivity contribution in [3.05, 3.63) is 52.5 Å². The van der Waals surface area contributed by atoms with Crippen molar-refractivity contribution in [3.63, 3.8) is 0 Å². The Morgan fingerprint density at radius 2 is 1.79 bits per heavy atom. The van der Waals surface area contributed by atoms with Crippen LogP contribution in [-0.4, -0.2) is 32.7 Å². The molecule has 0 saturated heterocycles. The van der Waals surface area contributed by atoms with Gasteiger partial charge in [-0.15, -0.1) is 0 Å². The molecule has 0 aromatic heterocycles. The number of methoxy groups -OCH3 is 2. The van der Waals surface area contributed by atoms with Crippen LogP contribution in [0.15, 0.2) is 36.4 Å². The molecule has 0 aliphatic rings. The minimum atomic E-state index is -0.505. The van der Waals surface area contributed by atoms with E-state index in [9.17, 15) is 9.59 Å². The minimum absolute atomic E-state index is 0.103. The zero-order chi connectivity index (χ0) is 20.5. The van der Waals surface area contributed by atoms with Crippen molar-refractivity contribution in [2.24, 2.45) is 0 Å². The number of hydrogen-bond acceptors (Lipinski definition) is 6. The number of rotatable bonds is 8. The van der Waals surface area contributed by atoms with E-state index >= 15 is 0 Å². The van der Waals surface area contributed by atoms with Gasteiger partial charge in [0.2, 0.25) is 0 Å². The van der Waals surface area contributed by atoms with E-state index < -0.39 is 18.5 Å². The lowest BCUT2D eigenvalue weighted by Crippen LogP contribution is -2.21. The molecule has 0 radical (unpaired) electrons. The van der Waals surface area contributed by atoms with Crippen LogP contribution < -0.4 is 14.8 Å². The highest BCUT2D eigenvalue weighted by atomic mass is 35.5. The van der Waals surface area contributed by atoms with Gasteiger partial charge < -0.3 is 19.5 Å². The first-order valence-electron chi connectivity index (χ1n) is 8.32. The molecule has 0 fully saturated rings. The maximum atomic E-state index is 11.9. The van der Waals surface area contributed by atoms with Crippen LogP contribution >= 0.6 is 11.6 Å². The minimum Gasteiger partial charge on any atom is -0.497 e. The Balaban J connectivity index is 1.81. The second-order valence-corrected chi connectivity index (χ2v) is 6.14. The summed E-state index contributed by atoms with van der Waals surface area (Å²) >= 11 is 5.91. The summed E-state index contributed by atoms with van der Waals surface area (Å²) in [5, 5.41) is 11.6. The lowest BCUT2D eigenvalue weighted by molar-refractivity contribution is -0.147. The van der Waals surface area contributed by atoms with Crippen molar-refractivity contribution in [1.29, 1.82) is 5.26 Å². The van der Waals surface area contributed by atoms with E-state index in [1.807, 2.05) is 6.07 Å². The normalized spacial score (nSPS) is 9.93. The third-order valence-corrected chi connectivity index (χ3v) is 4.08. The number of anilines is 1. The fraction of sp³-hybridized carbons (Fsp3) is 0.250. The number of amides is 1. The van der Waals surface area contributed by atoms with Crippen molar-refractivity contribution in [2.45, 2.75) is 12.8 Å². The first-order chi connectivity index (χ1) is 13.4. The van der Waals surface area contributed by atoms with Gasteiger partial charge in [0.15, 0.2) is 6.61 Å². The smallest absolute Gasteiger partial charge is 0.306 e. The number of carbonyl (C=O) groups is 2. The van der Waals surface area contributed by atoms with Gasteiger partial charge >= 0.3 is 5.97 Å². The number of carbonyl (C=O) groups excluding carboxylic acids is 2. The van der Waals surface area contributed by atoms with Gasteiger partial charge in [-0.05, 0) is 42.3 Å². The summed E-state index contributed by atoms with van der Waals surface area (Å²) in [7, 11) is 3.10. The Kier molecular flexibility index (Phi) is 7.66. The van der Waals surface area contributed by atoms with Crippen LogP contribution in [0.2, 0.25) is 5.02 Å². The van der Waals surface area contributed by atoms with E-state index in [0.29, 0.717) is 29.2 Å². The van der Waals surface area contributed by atoms with Gasteiger partial charge in [-0.25, -0.2) is 0 Å². The first kappa shape index (κ1) is 21.1. The average molecular weight is 403 g/mol. The van der Waals surface area contributed by atoms with Crippen LogP contribution in [0, 0.1) is 11.3 Å². The fourth-order valence-electron chi connectivity index (χ4n) is 2.36. The molecule has 0 aliphatic heterocycles. The van der Waals surface area contributed by atoms with Crippen LogP contribution in [0.1, 0.15) is 17.5 Å². The van der Waals surface area contributed by atoms with E-state index in [0.717, 1.165) is 5.56 Å². The van der Waals surface area contributed by atoms with Crippen LogP contribution in [-0.2, 0) is 20.7 Å². The summed E-state index contributed by atoms with van der Waals surface area (Å²) in [4.78, 5) is 23.8. The summed E-state index contributed by atoms with van der Waals surface area (Å²) in [6.07, 6.45) is 0.519. The highest BCUT2D eigenvalue weighted by Crippen LogP contribution is 2.23. The molecule has 0 saturated carbocycles. The number of aryl methyl sites for hydroxylation is 1. The number of benzene rings is 2. The van der Waals surface area contributed by atoms with Gasteiger partial charge in [0.1, 0.15) is 17.6 Å². The predicted molar refractivity (Wildman–Crippen MR) is 104 cm³/mol. The second-order valence-electron chi connectivity index (χ2n) is 5.74. The Morgan fingerprint density at radius 3 is 2.36 bits per heavy atom. The van der Waals surface area contributed by atoms with E-state index in [1.165, 1.54) is 12.1 Å². The Bertz CT molecular complexity index is 886. The van der Waals surface area contributed by atoms with Crippen LogP contribution in [0.4, 0.5) is 5.69 Å². The predicted octanol–water partition coefficient (Wildman–Crippen LogP) is 3.34. The van der Waals surface area contributed by atoms with Crippen LogP contribution in [0.25, 0.3) is 0 Å². The van der Waals surface area contributed by atoms with Crippen LogP contribution in [0.5, 0.6) is 11.5 Å². The number of ether oxygens (including phenoxy) is 3. The third-order valence-electron chi connectivity index (χ3n) is 3.77. The quantitative estimate of drug-likeness (QED) is 0.680. The molecule has 7 nitrogen and oxygen atoms in total. The molecule has 2 aromatic carbocycles. The summed E-state index contributed by atoms with van der Waals surface area (Å²) in [5.41, 5.74) is 1.57. The topological polar surface area (TPSA) is 97.6 Å². The fourth-order valence-corrected chi connectivity index (χ4v) is 2.58. The van der Waals surface area contributed by atoms with Gasteiger partial charge in [-0.2, -0.15) is 5.26 Å². The summed E-state index contributed by atoms with van der Waals surface area (Å²) < 4.78 is 15.4. The SMILES string of the molecule is COc1cc(CCC(=O)OCC(=O)Nc2ccc(C#N)c(Cl)c2)cc(OC)c1. The number of nitriles is 1. The maximum Gasteiger partial charge on any atom is 0.306 e. The van der Waals surface area contributed by atoms with Crippen molar-refractivity contribution >= 4 is 29.2 Å². The van der Waals surface area contributed by atoms with Gasteiger partial charge in [0, 0.05) is 18.2 Å². The molecule has 2 rings (SSSR count). The molecule has 146 valence electrons. The zero-order valence-corrected chi connectivity index (χ0v) is 16.2. The number of nitrogens with zero attached hydrogens (tertiary/aromatic N) is 1. The lowest BCUT2D eigenvalue weighted by Gasteiger charge is -2.09. The number of nitrogens with one attached hydrogen (secondary N) is 1. The highest BCUT2D eigenvalue weighted by Gasteiger charge is 2.10. The Labute approximate surface area is 167 Å². The van der Waals surface area contributed by atoms with Crippen molar-refractivity contribution in [2.75, 3.05) is 26.1 Å². The monoisotopic (exact) mass is 402 g/mol.